The molecular formula is C20H24N2O6S. The summed E-state index contributed by atoms with van der Waals surface area (Å²) in [6.45, 7) is -0.463. The van der Waals surface area contributed by atoms with Crippen molar-refractivity contribution >= 4 is 27.6 Å². The number of carbonyl (C=O) groups is 2. The van der Waals surface area contributed by atoms with Crippen molar-refractivity contribution in [3.63, 3.8) is 0 Å². The zero-order chi connectivity index (χ0) is 21.4. The van der Waals surface area contributed by atoms with Gasteiger partial charge in [0, 0.05) is 26.2 Å². The van der Waals surface area contributed by atoms with Gasteiger partial charge in [0.15, 0.2) is 6.61 Å². The molecule has 0 spiro atoms. The van der Waals surface area contributed by atoms with Crippen LogP contribution in [0.3, 0.4) is 0 Å². The van der Waals surface area contributed by atoms with Crippen molar-refractivity contribution in [3.8, 4) is 5.75 Å². The summed E-state index contributed by atoms with van der Waals surface area (Å²) in [5.74, 6) is -0.907. The first-order valence-corrected chi connectivity index (χ1v) is 10.3. The summed E-state index contributed by atoms with van der Waals surface area (Å²) in [5.41, 5.74) is 1.25. The molecule has 0 saturated heterocycles. The summed E-state index contributed by atoms with van der Waals surface area (Å²) >= 11 is 0. The quantitative estimate of drug-likeness (QED) is 0.623. The third-order valence-electron chi connectivity index (χ3n) is 4.03. The lowest BCUT2D eigenvalue weighted by Gasteiger charge is -2.16. The van der Waals surface area contributed by atoms with Gasteiger partial charge < -0.3 is 14.8 Å². The Hall–Kier alpha value is -2.91. The van der Waals surface area contributed by atoms with Crippen LogP contribution in [0, 0.1) is 0 Å². The van der Waals surface area contributed by atoms with E-state index in [2.05, 4.69) is 5.32 Å². The highest BCUT2D eigenvalue weighted by molar-refractivity contribution is 7.89. The molecule has 0 aliphatic heterocycles. The van der Waals surface area contributed by atoms with Gasteiger partial charge in [0.1, 0.15) is 10.6 Å². The summed E-state index contributed by atoms with van der Waals surface area (Å²) in [6, 6.07) is 13.7. The van der Waals surface area contributed by atoms with E-state index in [1.54, 1.807) is 0 Å². The second-order valence-corrected chi connectivity index (χ2v) is 8.47. The summed E-state index contributed by atoms with van der Waals surface area (Å²) < 4.78 is 36.0. The van der Waals surface area contributed by atoms with Crippen LogP contribution in [0.1, 0.15) is 12.0 Å². The third-order valence-corrected chi connectivity index (χ3v) is 5.87. The Morgan fingerprint density at radius 2 is 1.76 bits per heavy atom. The van der Waals surface area contributed by atoms with Gasteiger partial charge in [0.05, 0.1) is 7.11 Å². The molecule has 0 aliphatic rings. The van der Waals surface area contributed by atoms with E-state index >= 15 is 0 Å². The average molecular weight is 420 g/mol. The number of esters is 1. The van der Waals surface area contributed by atoms with Gasteiger partial charge in [-0.25, -0.2) is 12.7 Å². The van der Waals surface area contributed by atoms with E-state index in [9.17, 15) is 18.0 Å². The summed E-state index contributed by atoms with van der Waals surface area (Å²) in [5, 5.41) is 2.52. The van der Waals surface area contributed by atoms with E-state index in [-0.39, 0.29) is 22.8 Å². The lowest BCUT2D eigenvalue weighted by Crippen LogP contribution is -2.24. The van der Waals surface area contributed by atoms with Crippen LogP contribution in [0.15, 0.2) is 53.4 Å². The standard InChI is InChI=1S/C20H24N2O6S/c1-22(2)29(25,26)18-13-16(10-11-17(18)27-3)21-19(23)14-28-20(24)12-9-15-7-5-4-6-8-15/h4-8,10-11,13H,9,12,14H2,1-3H3,(H,21,23). The fraction of sp³-hybridized carbons (Fsp3) is 0.300. The first-order valence-electron chi connectivity index (χ1n) is 8.84. The topological polar surface area (TPSA) is 102 Å². The second-order valence-electron chi connectivity index (χ2n) is 6.35. The highest BCUT2D eigenvalue weighted by Crippen LogP contribution is 2.28. The monoisotopic (exact) mass is 420 g/mol. The molecule has 0 radical (unpaired) electrons. The summed E-state index contributed by atoms with van der Waals surface area (Å²) in [4.78, 5) is 23.8. The lowest BCUT2D eigenvalue weighted by molar-refractivity contribution is -0.147. The van der Waals surface area contributed by atoms with E-state index in [4.69, 9.17) is 9.47 Å². The maximum atomic E-state index is 12.4. The fourth-order valence-corrected chi connectivity index (χ4v) is 3.53. The molecule has 0 heterocycles. The van der Waals surface area contributed by atoms with Crippen molar-refractivity contribution in [2.24, 2.45) is 0 Å². The first-order chi connectivity index (χ1) is 13.7. The van der Waals surface area contributed by atoms with Gasteiger partial charge in [0.25, 0.3) is 5.91 Å². The smallest absolute Gasteiger partial charge is 0.306 e. The van der Waals surface area contributed by atoms with Gasteiger partial charge in [-0.1, -0.05) is 30.3 Å². The fourth-order valence-electron chi connectivity index (χ4n) is 2.46. The van der Waals surface area contributed by atoms with Crippen molar-refractivity contribution in [2.45, 2.75) is 17.7 Å². The van der Waals surface area contributed by atoms with Crippen LogP contribution in [0.5, 0.6) is 5.75 Å². The van der Waals surface area contributed by atoms with Crippen molar-refractivity contribution in [2.75, 3.05) is 33.1 Å². The zero-order valence-corrected chi connectivity index (χ0v) is 17.4. The number of amides is 1. The number of hydrogen-bond donors (Lipinski definition) is 1. The third kappa shape index (κ3) is 6.30. The number of hydrogen-bond acceptors (Lipinski definition) is 6. The van der Waals surface area contributed by atoms with Gasteiger partial charge in [-0.3, -0.25) is 9.59 Å². The maximum absolute atomic E-state index is 12.4. The van der Waals surface area contributed by atoms with Crippen LogP contribution in [0.25, 0.3) is 0 Å². The number of carbonyl (C=O) groups excluding carboxylic acids is 2. The molecule has 2 aromatic carbocycles. The Morgan fingerprint density at radius 3 is 2.38 bits per heavy atom. The van der Waals surface area contributed by atoms with E-state index in [0.29, 0.717) is 6.42 Å². The van der Waals surface area contributed by atoms with Crippen molar-refractivity contribution < 1.29 is 27.5 Å². The molecule has 29 heavy (non-hydrogen) atoms. The van der Waals surface area contributed by atoms with Crippen molar-refractivity contribution in [3.05, 3.63) is 54.1 Å². The lowest BCUT2D eigenvalue weighted by atomic mass is 10.1. The molecule has 2 rings (SSSR count). The highest BCUT2D eigenvalue weighted by atomic mass is 32.2. The molecule has 9 heteroatoms. The van der Waals surface area contributed by atoms with Gasteiger partial charge in [-0.2, -0.15) is 0 Å². The van der Waals surface area contributed by atoms with Crippen LogP contribution in [-0.4, -0.2) is 52.4 Å². The van der Waals surface area contributed by atoms with Crippen LogP contribution in [0.4, 0.5) is 5.69 Å². The number of nitrogens with zero attached hydrogens (tertiary/aromatic N) is 1. The van der Waals surface area contributed by atoms with E-state index in [0.717, 1.165) is 9.87 Å². The summed E-state index contributed by atoms with van der Waals surface area (Å²) in [6.07, 6.45) is 0.677. The molecule has 8 nitrogen and oxygen atoms in total. The maximum Gasteiger partial charge on any atom is 0.306 e. The SMILES string of the molecule is COc1ccc(NC(=O)COC(=O)CCc2ccccc2)cc1S(=O)(=O)N(C)C. The molecule has 0 bridgehead atoms. The molecule has 0 atom stereocenters. The Labute approximate surface area is 170 Å². The van der Waals surface area contributed by atoms with Crippen molar-refractivity contribution in [1.29, 1.82) is 0 Å². The number of nitrogens with one attached hydrogen (secondary N) is 1. The van der Waals surface area contributed by atoms with Crippen LogP contribution in [-0.2, 0) is 30.8 Å². The number of anilines is 1. The zero-order valence-electron chi connectivity index (χ0n) is 16.5. The number of rotatable bonds is 9. The van der Waals surface area contributed by atoms with Gasteiger partial charge in [0.2, 0.25) is 10.0 Å². The molecule has 0 aliphatic carbocycles. The minimum atomic E-state index is -3.77. The molecule has 0 aromatic heterocycles. The number of benzene rings is 2. The molecule has 1 amide bonds. The van der Waals surface area contributed by atoms with Crippen LogP contribution in [0.2, 0.25) is 0 Å². The molecule has 0 unspecified atom stereocenters. The normalized spacial score (nSPS) is 11.2. The number of sulfonamides is 1. The number of methoxy groups -OCH3 is 1. The highest BCUT2D eigenvalue weighted by Gasteiger charge is 2.23. The van der Waals surface area contributed by atoms with Gasteiger partial charge in [-0.05, 0) is 30.2 Å². The predicted octanol–water partition coefficient (Wildman–Crippen LogP) is 2.06. The van der Waals surface area contributed by atoms with Crippen LogP contribution < -0.4 is 10.1 Å². The minimum absolute atomic E-state index is 0.0809. The molecule has 0 fully saturated rings. The minimum Gasteiger partial charge on any atom is -0.495 e. The number of aryl methyl sites for hydroxylation is 1. The van der Waals surface area contributed by atoms with Gasteiger partial charge in [-0.15, -0.1) is 0 Å². The molecular weight excluding hydrogens is 396 g/mol. The van der Waals surface area contributed by atoms with Crippen LogP contribution >= 0.6 is 0 Å². The van der Waals surface area contributed by atoms with Crippen molar-refractivity contribution in [1.82, 2.24) is 4.31 Å². The molecule has 2 aromatic rings. The largest absolute Gasteiger partial charge is 0.495 e. The van der Waals surface area contributed by atoms with E-state index < -0.39 is 28.5 Å². The Balaban J connectivity index is 1.94. The Morgan fingerprint density at radius 1 is 1.07 bits per heavy atom. The molecule has 156 valence electrons. The van der Waals surface area contributed by atoms with E-state index in [1.165, 1.54) is 39.4 Å². The summed E-state index contributed by atoms with van der Waals surface area (Å²) in [7, 11) is 0.388. The second kappa shape index (κ2) is 10.0. The number of ether oxygens (including phenoxy) is 2. The van der Waals surface area contributed by atoms with Gasteiger partial charge >= 0.3 is 5.97 Å². The van der Waals surface area contributed by atoms with E-state index in [1.807, 2.05) is 30.3 Å². The first kappa shape index (κ1) is 22.4. The molecule has 1 N–H and O–H groups in total. The Kier molecular flexibility index (Phi) is 7.74. The molecule has 0 saturated carbocycles. The predicted molar refractivity (Wildman–Crippen MR) is 108 cm³/mol. The Bertz CT molecular complexity index is 958. The average Bonchev–Trinajstić information content (AvgIpc) is 2.71.